The molecule has 2 aromatic carbocycles. The van der Waals surface area contributed by atoms with Crippen molar-refractivity contribution >= 4 is 17.4 Å². The van der Waals surface area contributed by atoms with Gasteiger partial charge in [0.2, 0.25) is 0 Å². The molecule has 8 nitrogen and oxygen atoms in total. The lowest BCUT2D eigenvalue weighted by Crippen LogP contribution is -2.33. The van der Waals surface area contributed by atoms with Crippen LogP contribution in [0.15, 0.2) is 48.0 Å². The van der Waals surface area contributed by atoms with E-state index in [0.717, 1.165) is 37.4 Å². The molecule has 0 aromatic heterocycles. The number of hydrogen-bond acceptors (Lipinski definition) is 7. The van der Waals surface area contributed by atoms with E-state index in [1.54, 1.807) is 23.1 Å². The lowest BCUT2D eigenvalue weighted by atomic mass is 9.95. The van der Waals surface area contributed by atoms with Crippen LogP contribution in [0.4, 0.5) is 0 Å². The first-order valence-electron chi connectivity index (χ1n) is 13.1. The minimum atomic E-state index is -0.704. The van der Waals surface area contributed by atoms with Gasteiger partial charge >= 0.3 is 0 Å². The number of hydrogen-bond donors (Lipinski definition) is 1. The van der Waals surface area contributed by atoms with Crippen LogP contribution in [0.2, 0.25) is 0 Å². The zero-order valence-corrected chi connectivity index (χ0v) is 21.9. The Kier molecular flexibility index (Phi) is 8.71. The van der Waals surface area contributed by atoms with Crippen molar-refractivity contribution in [3.63, 3.8) is 0 Å². The van der Waals surface area contributed by atoms with E-state index in [4.69, 9.17) is 14.2 Å². The number of carbonyl (C=O) groups is 2. The minimum absolute atomic E-state index is 0.0757. The van der Waals surface area contributed by atoms with Crippen molar-refractivity contribution < 1.29 is 28.9 Å². The molecule has 1 saturated heterocycles. The summed E-state index contributed by atoms with van der Waals surface area (Å²) >= 11 is 0. The SMILES string of the molecule is CCCOc1ccc([C@H]2C(=C(O)c3ccc4c(c3)OCCO4)C(=O)C(=O)N2CCCN(CC)CC)cc1. The summed E-state index contributed by atoms with van der Waals surface area (Å²) in [7, 11) is 0. The fourth-order valence-electron chi connectivity index (χ4n) is 4.77. The number of Topliss-reactive ketones (excluding diaryl/α,β-unsaturated/α-hetero) is 1. The first kappa shape index (κ1) is 26.5. The normalized spacial score (nSPS) is 18.5. The number of ketones is 1. The smallest absolute Gasteiger partial charge is 0.295 e. The monoisotopic (exact) mass is 508 g/mol. The van der Waals surface area contributed by atoms with Gasteiger partial charge in [-0.25, -0.2) is 0 Å². The average Bonchev–Trinajstić information content (AvgIpc) is 3.18. The van der Waals surface area contributed by atoms with Crippen molar-refractivity contribution in [2.75, 3.05) is 46.0 Å². The van der Waals surface area contributed by atoms with Crippen LogP contribution in [0.3, 0.4) is 0 Å². The molecule has 198 valence electrons. The highest BCUT2D eigenvalue weighted by molar-refractivity contribution is 6.46. The van der Waals surface area contributed by atoms with Gasteiger partial charge in [-0.3, -0.25) is 9.59 Å². The summed E-state index contributed by atoms with van der Waals surface area (Å²) in [4.78, 5) is 30.4. The maximum absolute atomic E-state index is 13.3. The summed E-state index contributed by atoms with van der Waals surface area (Å²) in [5, 5.41) is 11.4. The lowest BCUT2D eigenvalue weighted by Gasteiger charge is -2.27. The van der Waals surface area contributed by atoms with Gasteiger partial charge in [-0.15, -0.1) is 0 Å². The van der Waals surface area contributed by atoms with Gasteiger partial charge in [0.15, 0.2) is 11.5 Å². The molecule has 0 bridgehead atoms. The molecule has 2 aliphatic rings. The Bertz CT molecular complexity index is 1140. The lowest BCUT2D eigenvalue weighted by molar-refractivity contribution is -0.140. The number of aliphatic hydroxyl groups is 1. The maximum atomic E-state index is 13.3. The quantitative estimate of drug-likeness (QED) is 0.273. The Morgan fingerprint density at radius 2 is 1.73 bits per heavy atom. The van der Waals surface area contributed by atoms with Crippen molar-refractivity contribution in [1.82, 2.24) is 9.80 Å². The van der Waals surface area contributed by atoms with Crippen molar-refractivity contribution in [2.24, 2.45) is 0 Å². The zero-order valence-electron chi connectivity index (χ0n) is 21.9. The van der Waals surface area contributed by atoms with Crippen LogP contribution in [0.25, 0.3) is 5.76 Å². The van der Waals surface area contributed by atoms with Gasteiger partial charge in [-0.1, -0.05) is 32.9 Å². The standard InChI is InChI=1S/C29H36N2O6/c1-4-16-35-22-11-8-20(9-12-22)26-25(27(32)21-10-13-23-24(19-21)37-18-17-36-23)28(33)29(34)31(26)15-7-14-30(5-2)6-3/h8-13,19,26,32H,4-7,14-18H2,1-3H3/t26-/m0/s1. The van der Waals surface area contributed by atoms with Crippen LogP contribution in [-0.4, -0.2) is 72.6 Å². The Balaban J connectivity index is 1.71. The Morgan fingerprint density at radius 1 is 1.03 bits per heavy atom. The van der Waals surface area contributed by atoms with Crippen LogP contribution in [0, 0.1) is 0 Å². The summed E-state index contributed by atoms with van der Waals surface area (Å²) < 4.78 is 17.0. The molecule has 8 heteroatoms. The Hall–Kier alpha value is -3.52. The third kappa shape index (κ3) is 5.74. The highest BCUT2D eigenvalue weighted by Crippen LogP contribution is 2.41. The third-order valence-electron chi connectivity index (χ3n) is 6.79. The largest absolute Gasteiger partial charge is 0.507 e. The van der Waals surface area contributed by atoms with Crippen molar-refractivity contribution in [3.8, 4) is 17.2 Å². The third-order valence-corrected chi connectivity index (χ3v) is 6.79. The molecule has 0 saturated carbocycles. The summed E-state index contributed by atoms with van der Waals surface area (Å²) in [5.41, 5.74) is 1.22. The summed E-state index contributed by atoms with van der Waals surface area (Å²) in [6.45, 7) is 10.8. The fraction of sp³-hybridized carbons (Fsp3) is 0.448. The predicted octanol–water partition coefficient (Wildman–Crippen LogP) is 4.40. The van der Waals surface area contributed by atoms with Crippen LogP contribution in [0.5, 0.6) is 17.2 Å². The predicted molar refractivity (Wildman–Crippen MR) is 141 cm³/mol. The molecule has 0 spiro atoms. The molecule has 4 rings (SSSR count). The maximum Gasteiger partial charge on any atom is 0.295 e. The molecule has 0 radical (unpaired) electrons. The minimum Gasteiger partial charge on any atom is -0.507 e. The first-order valence-corrected chi connectivity index (χ1v) is 13.1. The molecule has 1 fully saturated rings. The van der Waals surface area contributed by atoms with E-state index in [1.165, 1.54) is 0 Å². The number of ether oxygens (including phenoxy) is 3. The molecule has 37 heavy (non-hydrogen) atoms. The van der Waals surface area contributed by atoms with Gasteiger partial charge in [0.1, 0.15) is 24.7 Å². The molecule has 2 heterocycles. The number of aliphatic hydroxyl groups excluding tert-OH is 1. The van der Waals surface area contributed by atoms with Crippen LogP contribution >= 0.6 is 0 Å². The van der Waals surface area contributed by atoms with E-state index in [1.807, 2.05) is 31.2 Å². The average molecular weight is 509 g/mol. The van der Waals surface area contributed by atoms with Gasteiger partial charge < -0.3 is 29.1 Å². The number of benzene rings is 2. The van der Waals surface area contributed by atoms with E-state index < -0.39 is 17.7 Å². The molecule has 0 aliphatic carbocycles. The van der Waals surface area contributed by atoms with E-state index in [2.05, 4.69) is 18.7 Å². The Morgan fingerprint density at radius 3 is 2.41 bits per heavy atom. The second-order valence-electron chi connectivity index (χ2n) is 9.15. The van der Waals surface area contributed by atoms with E-state index in [9.17, 15) is 14.7 Å². The first-order chi connectivity index (χ1) is 18.0. The molecular formula is C29H36N2O6. The number of rotatable bonds is 11. The topological polar surface area (TPSA) is 88.5 Å². The molecule has 2 aromatic rings. The second kappa shape index (κ2) is 12.1. The number of carbonyl (C=O) groups excluding carboxylic acids is 2. The van der Waals surface area contributed by atoms with Gasteiger partial charge in [-0.05, 0) is 68.4 Å². The summed E-state index contributed by atoms with van der Waals surface area (Å²) in [5.74, 6) is 0.284. The zero-order chi connectivity index (χ0) is 26.4. The van der Waals surface area contributed by atoms with Gasteiger partial charge in [0, 0.05) is 12.1 Å². The van der Waals surface area contributed by atoms with Crippen molar-refractivity contribution in [3.05, 3.63) is 59.2 Å². The number of nitrogens with zero attached hydrogens (tertiary/aromatic N) is 2. The fourth-order valence-corrected chi connectivity index (χ4v) is 4.77. The molecular weight excluding hydrogens is 472 g/mol. The van der Waals surface area contributed by atoms with E-state index in [-0.39, 0.29) is 11.3 Å². The number of likely N-dealkylation sites (tertiary alicyclic amines) is 1. The van der Waals surface area contributed by atoms with Crippen LogP contribution < -0.4 is 14.2 Å². The summed E-state index contributed by atoms with van der Waals surface area (Å²) in [6.07, 6.45) is 1.61. The van der Waals surface area contributed by atoms with E-state index in [0.29, 0.717) is 49.8 Å². The second-order valence-corrected chi connectivity index (χ2v) is 9.15. The Labute approximate surface area is 218 Å². The number of amides is 1. The van der Waals surface area contributed by atoms with E-state index >= 15 is 0 Å². The van der Waals surface area contributed by atoms with Crippen LogP contribution in [-0.2, 0) is 9.59 Å². The molecule has 0 unspecified atom stereocenters. The van der Waals surface area contributed by atoms with Gasteiger partial charge in [0.25, 0.3) is 11.7 Å². The highest BCUT2D eigenvalue weighted by atomic mass is 16.6. The molecule has 1 N–H and O–H groups in total. The van der Waals surface area contributed by atoms with Crippen LogP contribution in [0.1, 0.15) is 50.8 Å². The summed E-state index contributed by atoms with van der Waals surface area (Å²) in [6, 6.07) is 11.7. The van der Waals surface area contributed by atoms with Crippen molar-refractivity contribution in [1.29, 1.82) is 0 Å². The molecule has 1 amide bonds. The van der Waals surface area contributed by atoms with Gasteiger partial charge in [-0.2, -0.15) is 0 Å². The molecule has 1 atom stereocenters. The number of fused-ring (bicyclic) bond motifs is 1. The highest BCUT2D eigenvalue weighted by Gasteiger charge is 2.45. The van der Waals surface area contributed by atoms with Gasteiger partial charge in [0.05, 0.1) is 18.2 Å². The molecule has 2 aliphatic heterocycles. The van der Waals surface area contributed by atoms with Crippen molar-refractivity contribution in [2.45, 2.75) is 39.7 Å².